The zero-order valence-electron chi connectivity index (χ0n) is 11.2. The zero-order valence-corrected chi connectivity index (χ0v) is 11.2. The Morgan fingerprint density at radius 3 is 2.15 bits per heavy atom. The molecule has 0 bridgehead atoms. The summed E-state index contributed by atoms with van der Waals surface area (Å²) in [6.45, 7) is 1.53. The van der Waals surface area contributed by atoms with Crippen molar-refractivity contribution in [1.82, 2.24) is 5.32 Å². The SMILES string of the molecule is CC(N[C@@H](CO)c1ccccc1)c1c(F)cccc1F. The molecule has 4 heteroatoms. The van der Waals surface area contributed by atoms with E-state index in [0.29, 0.717) is 0 Å². The molecule has 0 aromatic heterocycles. The molecule has 1 unspecified atom stereocenters. The van der Waals surface area contributed by atoms with Gasteiger partial charge in [0.05, 0.1) is 12.6 Å². The molecule has 0 fully saturated rings. The fourth-order valence-corrected chi connectivity index (χ4v) is 2.25. The summed E-state index contributed by atoms with van der Waals surface area (Å²) in [5, 5.41) is 12.5. The second-order valence-electron chi connectivity index (χ2n) is 4.67. The van der Waals surface area contributed by atoms with E-state index in [1.807, 2.05) is 30.3 Å². The highest BCUT2D eigenvalue weighted by Crippen LogP contribution is 2.23. The topological polar surface area (TPSA) is 32.3 Å². The van der Waals surface area contributed by atoms with E-state index in [4.69, 9.17) is 0 Å². The minimum absolute atomic E-state index is 0.0121. The summed E-state index contributed by atoms with van der Waals surface area (Å²) in [5.41, 5.74) is 0.862. The Bertz CT molecular complexity index is 539. The van der Waals surface area contributed by atoms with Crippen LogP contribution in [-0.4, -0.2) is 11.7 Å². The molecule has 2 rings (SSSR count). The molecule has 0 amide bonds. The fraction of sp³-hybridized carbons (Fsp3) is 0.250. The second kappa shape index (κ2) is 6.59. The first-order valence-electron chi connectivity index (χ1n) is 6.49. The number of aliphatic hydroxyl groups excluding tert-OH is 1. The van der Waals surface area contributed by atoms with Gasteiger partial charge in [0.2, 0.25) is 0 Å². The van der Waals surface area contributed by atoms with Crippen LogP contribution in [0, 0.1) is 11.6 Å². The van der Waals surface area contributed by atoms with E-state index < -0.39 is 17.7 Å². The monoisotopic (exact) mass is 277 g/mol. The summed E-state index contributed by atoms with van der Waals surface area (Å²) >= 11 is 0. The van der Waals surface area contributed by atoms with E-state index in [9.17, 15) is 13.9 Å². The van der Waals surface area contributed by atoms with Crippen molar-refractivity contribution >= 4 is 0 Å². The van der Waals surface area contributed by atoms with Crippen LogP contribution in [0.4, 0.5) is 8.78 Å². The normalized spacial score (nSPS) is 14.0. The van der Waals surface area contributed by atoms with Crippen molar-refractivity contribution in [3.63, 3.8) is 0 Å². The quantitative estimate of drug-likeness (QED) is 0.878. The predicted octanol–water partition coefficient (Wildman–Crippen LogP) is 3.35. The van der Waals surface area contributed by atoms with E-state index in [1.54, 1.807) is 6.92 Å². The average molecular weight is 277 g/mol. The Kier molecular flexibility index (Phi) is 4.82. The molecule has 0 radical (unpaired) electrons. The van der Waals surface area contributed by atoms with Crippen molar-refractivity contribution in [1.29, 1.82) is 0 Å². The number of hydrogen-bond acceptors (Lipinski definition) is 2. The summed E-state index contributed by atoms with van der Waals surface area (Å²) in [7, 11) is 0. The number of aliphatic hydroxyl groups is 1. The lowest BCUT2D eigenvalue weighted by Gasteiger charge is -2.23. The fourth-order valence-electron chi connectivity index (χ4n) is 2.25. The van der Waals surface area contributed by atoms with Gasteiger partial charge in [-0.05, 0) is 24.6 Å². The Labute approximate surface area is 117 Å². The van der Waals surface area contributed by atoms with Crippen LogP contribution >= 0.6 is 0 Å². The van der Waals surface area contributed by atoms with E-state index >= 15 is 0 Å². The Balaban J connectivity index is 2.20. The van der Waals surface area contributed by atoms with Gasteiger partial charge in [-0.3, -0.25) is 0 Å². The first kappa shape index (κ1) is 14.6. The first-order chi connectivity index (χ1) is 9.63. The highest BCUT2D eigenvalue weighted by molar-refractivity contribution is 5.24. The van der Waals surface area contributed by atoms with Gasteiger partial charge < -0.3 is 10.4 Å². The standard InChI is InChI=1S/C16H17F2NO/c1-11(16-13(17)8-5-9-14(16)18)19-15(10-20)12-6-3-2-4-7-12/h2-9,11,15,19-20H,10H2,1H3/t11?,15-/m0/s1. The first-order valence-corrected chi connectivity index (χ1v) is 6.49. The maximum absolute atomic E-state index is 13.7. The molecular formula is C16H17F2NO. The lowest BCUT2D eigenvalue weighted by atomic mass is 10.0. The van der Waals surface area contributed by atoms with Gasteiger partial charge in [0.25, 0.3) is 0 Å². The third-order valence-electron chi connectivity index (χ3n) is 3.27. The molecule has 2 nitrogen and oxygen atoms in total. The maximum atomic E-state index is 13.7. The van der Waals surface area contributed by atoms with Crippen LogP contribution in [0.15, 0.2) is 48.5 Å². The molecule has 0 spiro atoms. The number of benzene rings is 2. The van der Waals surface area contributed by atoms with Gasteiger partial charge in [0.1, 0.15) is 11.6 Å². The van der Waals surface area contributed by atoms with Crippen molar-refractivity contribution in [2.45, 2.75) is 19.0 Å². The average Bonchev–Trinajstić information content (AvgIpc) is 2.45. The van der Waals surface area contributed by atoms with Crippen LogP contribution in [0.2, 0.25) is 0 Å². The molecule has 0 aliphatic heterocycles. The lowest BCUT2D eigenvalue weighted by molar-refractivity contribution is 0.234. The van der Waals surface area contributed by atoms with Crippen LogP contribution in [0.5, 0.6) is 0 Å². The summed E-state index contributed by atoms with van der Waals surface area (Å²) in [4.78, 5) is 0. The van der Waals surface area contributed by atoms with E-state index in [-0.39, 0.29) is 18.2 Å². The molecule has 106 valence electrons. The number of rotatable bonds is 5. The van der Waals surface area contributed by atoms with Crippen molar-refractivity contribution in [2.24, 2.45) is 0 Å². The number of nitrogens with one attached hydrogen (secondary N) is 1. The van der Waals surface area contributed by atoms with Crippen LogP contribution in [0.3, 0.4) is 0 Å². The predicted molar refractivity (Wildman–Crippen MR) is 74.2 cm³/mol. The van der Waals surface area contributed by atoms with Gasteiger partial charge in [0, 0.05) is 11.6 Å². The highest BCUT2D eigenvalue weighted by Gasteiger charge is 2.19. The van der Waals surface area contributed by atoms with E-state index in [0.717, 1.165) is 5.56 Å². The molecule has 2 atom stereocenters. The van der Waals surface area contributed by atoms with Crippen LogP contribution in [0.25, 0.3) is 0 Å². The second-order valence-corrected chi connectivity index (χ2v) is 4.67. The summed E-state index contributed by atoms with van der Waals surface area (Å²) in [6, 6.07) is 12.2. The Morgan fingerprint density at radius 1 is 1.00 bits per heavy atom. The van der Waals surface area contributed by atoms with Crippen molar-refractivity contribution in [2.75, 3.05) is 6.61 Å². The summed E-state index contributed by atoms with van der Waals surface area (Å²) in [5.74, 6) is -1.18. The van der Waals surface area contributed by atoms with Gasteiger partial charge in [-0.1, -0.05) is 36.4 Å². The van der Waals surface area contributed by atoms with Gasteiger partial charge in [-0.25, -0.2) is 8.78 Å². The van der Waals surface area contributed by atoms with Crippen LogP contribution in [-0.2, 0) is 0 Å². The Hall–Kier alpha value is -1.78. The number of halogens is 2. The van der Waals surface area contributed by atoms with Crippen molar-refractivity contribution < 1.29 is 13.9 Å². The van der Waals surface area contributed by atoms with Gasteiger partial charge in [-0.2, -0.15) is 0 Å². The summed E-state index contributed by atoms with van der Waals surface area (Å²) in [6.07, 6.45) is 0. The van der Waals surface area contributed by atoms with E-state index in [2.05, 4.69) is 5.32 Å². The molecule has 0 heterocycles. The lowest BCUT2D eigenvalue weighted by Crippen LogP contribution is -2.28. The van der Waals surface area contributed by atoms with E-state index in [1.165, 1.54) is 18.2 Å². The molecule has 20 heavy (non-hydrogen) atoms. The smallest absolute Gasteiger partial charge is 0.130 e. The number of hydrogen-bond donors (Lipinski definition) is 2. The van der Waals surface area contributed by atoms with Crippen LogP contribution in [0.1, 0.15) is 30.1 Å². The zero-order chi connectivity index (χ0) is 14.5. The molecule has 0 saturated carbocycles. The highest BCUT2D eigenvalue weighted by atomic mass is 19.1. The van der Waals surface area contributed by atoms with Crippen molar-refractivity contribution in [3.05, 3.63) is 71.3 Å². The third kappa shape index (κ3) is 3.21. The summed E-state index contributed by atoms with van der Waals surface area (Å²) < 4.78 is 27.4. The van der Waals surface area contributed by atoms with Gasteiger partial charge >= 0.3 is 0 Å². The molecule has 2 N–H and O–H groups in total. The Morgan fingerprint density at radius 2 is 1.60 bits per heavy atom. The minimum atomic E-state index is -0.588. The molecule has 0 saturated heterocycles. The van der Waals surface area contributed by atoms with Gasteiger partial charge in [0.15, 0.2) is 0 Å². The largest absolute Gasteiger partial charge is 0.394 e. The minimum Gasteiger partial charge on any atom is -0.394 e. The van der Waals surface area contributed by atoms with Gasteiger partial charge in [-0.15, -0.1) is 0 Å². The molecule has 0 aliphatic rings. The molecule has 0 aliphatic carbocycles. The molecular weight excluding hydrogens is 260 g/mol. The maximum Gasteiger partial charge on any atom is 0.130 e. The third-order valence-corrected chi connectivity index (χ3v) is 3.27. The van der Waals surface area contributed by atoms with Crippen LogP contribution < -0.4 is 5.32 Å². The van der Waals surface area contributed by atoms with Crippen molar-refractivity contribution in [3.8, 4) is 0 Å². The molecule has 2 aromatic carbocycles. The molecule has 2 aromatic rings.